The Balaban J connectivity index is 1.62. The summed E-state index contributed by atoms with van der Waals surface area (Å²) in [4.78, 5) is 30.1. The molecule has 43 heavy (non-hydrogen) atoms. The van der Waals surface area contributed by atoms with Gasteiger partial charge in [-0.05, 0) is 66.8 Å². The van der Waals surface area contributed by atoms with E-state index in [9.17, 15) is 23.1 Å². The summed E-state index contributed by atoms with van der Waals surface area (Å²) < 4.78 is 29.1. The number of carbonyl (C=O) groups excluding carboxylic acids is 2. The highest BCUT2D eigenvalue weighted by atomic mass is 79.9. The first-order valence-electron chi connectivity index (χ1n) is 14.2. The van der Waals surface area contributed by atoms with Crippen molar-refractivity contribution in [3.63, 3.8) is 0 Å². The van der Waals surface area contributed by atoms with Crippen LogP contribution in [0, 0.1) is 5.92 Å². The summed E-state index contributed by atoms with van der Waals surface area (Å²) in [6, 6.07) is 15.3. The van der Waals surface area contributed by atoms with Gasteiger partial charge < -0.3 is 21.5 Å². The number of rotatable bonds is 16. The van der Waals surface area contributed by atoms with Crippen molar-refractivity contribution >= 4 is 43.5 Å². The summed E-state index contributed by atoms with van der Waals surface area (Å²) in [6.45, 7) is 4.09. The van der Waals surface area contributed by atoms with Gasteiger partial charge in [-0.2, -0.15) is 4.31 Å². The minimum atomic E-state index is -3.86. The normalized spacial score (nSPS) is 13.1. The van der Waals surface area contributed by atoms with E-state index in [0.717, 1.165) is 10.0 Å². The van der Waals surface area contributed by atoms with Gasteiger partial charge in [0, 0.05) is 53.7 Å². The number of unbranched alkanes of at least 4 members (excludes halogenated alkanes) is 1. The maximum absolute atomic E-state index is 13.5. The predicted molar refractivity (Wildman–Crippen MR) is 171 cm³/mol. The smallest absolute Gasteiger partial charge is 0.252 e. The Hall–Kier alpha value is -3.32. The van der Waals surface area contributed by atoms with E-state index in [-0.39, 0.29) is 42.2 Å². The molecule has 5 N–H and O–H groups in total. The average Bonchev–Trinajstić information content (AvgIpc) is 2.99. The molecular formula is C31H40BrN5O5S. The number of aromatic nitrogens is 1. The number of aliphatic hydroxyl groups is 1. The van der Waals surface area contributed by atoms with Gasteiger partial charge in [0.1, 0.15) is 6.04 Å². The quantitative estimate of drug-likeness (QED) is 0.133. The molecule has 2 atom stereocenters. The van der Waals surface area contributed by atoms with Gasteiger partial charge in [0.25, 0.3) is 5.91 Å². The highest BCUT2D eigenvalue weighted by molar-refractivity contribution is 9.10. The molecule has 1 heterocycles. The number of nitrogens with two attached hydrogens (primary N) is 1. The molecule has 0 fully saturated rings. The van der Waals surface area contributed by atoms with Gasteiger partial charge in [-0.1, -0.05) is 54.4 Å². The first kappa shape index (κ1) is 34.2. The number of hydrogen-bond donors (Lipinski definition) is 4. The van der Waals surface area contributed by atoms with Gasteiger partial charge >= 0.3 is 0 Å². The second kappa shape index (κ2) is 16.5. The molecule has 0 aliphatic rings. The third-order valence-electron chi connectivity index (χ3n) is 6.86. The van der Waals surface area contributed by atoms with Crippen LogP contribution in [0.25, 0.3) is 0 Å². The summed E-state index contributed by atoms with van der Waals surface area (Å²) in [5.41, 5.74) is 7.47. The molecule has 0 spiro atoms. The van der Waals surface area contributed by atoms with Crippen molar-refractivity contribution in [2.45, 2.75) is 56.5 Å². The molecule has 10 nitrogen and oxygen atoms in total. The highest BCUT2D eigenvalue weighted by Crippen LogP contribution is 2.23. The van der Waals surface area contributed by atoms with E-state index in [2.05, 4.69) is 31.5 Å². The van der Waals surface area contributed by atoms with Crippen LogP contribution in [0.4, 0.5) is 5.69 Å². The van der Waals surface area contributed by atoms with Gasteiger partial charge in [-0.15, -0.1) is 0 Å². The number of nitrogen functional groups attached to an aromatic ring is 1. The number of nitrogens with one attached hydrogen (secondary N) is 2. The van der Waals surface area contributed by atoms with E-state index in [1.807, 2.05) is 38.1 Å². The average molecular weight is 675 g/mol. The number of carbonyl (C=O) groups is 2. The zero-order valence-corrected chi connectivity index (χ0v) is 26.9. The second-order valence-electron chi connectivity index (χ2n) is 10.7. The molecule has 12 heteroatoms. The van der Waals surface area contributed by atoms with E-state index >= 15 is 0 Å². The molecule has 0 aliphatic heterocycles. The van der Waals surface area contributed by atoms with E-state index in [1.165, 1.54) is 28.8 Å². The molecule has 2 amide bonds. The Bertz CT molecular complexity index is 1440. The zero-order chi connectivity index (χ0) is 31.4. The van der Waals surface area contributed by atoms with Crippen molar-refractivity contribution in [2.24, 2.45) is 5.92 Å². The number of pyridine rings is 1. The van der Waals surface area contributed by atoms with Crippen molar-refractivity contribution in [1.29, 1.82) is 0 Å². The lowest BCUT2D eigenvalue weighted by atomic mass is 10.0. The Morgan fingerprint density at radius 2 is 1.70 bits per heavy atom. The van der Waals surface area contributed by atoms with Gasteiger partial charge in [0.15, 0.2) is 0 Å². The van der Waals surface area contributed by atoms with Crippen LogP contribution < -0.4 is 16.4 Å². The summed E-state index contributed by atoms with van der Waals surface area (Å²) in [5, 5.41) is 15.9. The standard InChI is InChI=1S/C31H40BrN5O5S/c1-22(2)20-37(43(41,42)27-12-10-25(33)11-13-27)26(21-38)8-5-6-16-35-31(40)29(19-24-7-3-4-9-28(24)32)36-30(39)23-14-17-34-18-15-23/h3-4,7,9-15,17-18,22,26,29,38H,5-6,8,16,19-21,33H2,1-2H3,(H,35,40)(H,36,39)/t26-,29-/m0/s1. The van der Waals surface area contributed by atoms with Crippen molar-refractivity contribution < 1.29 is 23.1 Å². The summed E-state index contributed by atoms with van der Waals surface area (Å²) in [6.07, 6.45) is 4.84. The molecule has 1 aromatic heterocycles. The lowest BCUT2D eigenvalue weighted by Crippen LogP contribution is -2.48. The summed E-state index contributed by atoms with van der Waals surface area (Å²) >= 11 is 3.51. The number of hydrogen-bond acceptors (Lipinski definition) is 7. The molecule has 2 aromatic carbocycles. The molecule has 3 rings (SSSR count). The monoisotopic (exact) mass is 673 g/mol. The second-order valence-corrected chi connectivity index (χ2v) is 13.5. The molecular weight excluding hydrogens is 634 g/mol. The van der Waals surface area contributed by atoms with Crippen LogP contribution in [0.2, 0.25) is 0 Å². The Morgan fingerprint density at radius 1 is 1.02 bits per heavy atom. The number of nitrogens with zero attached hydrogens (tertiary/aromatic N) is 2. The fourth-order valence-electron chi connectivity index (χ4n) is 4.58. The Morgan fingerprint density at radius 3 is 2.33 bits per heavy atom. The molecule has 0 unspecified atom stereocenters. The summed E-state index contributed by atoms with van der Waals surface area (Å²) in [7, 11) is -3.86. The first-order chi connectivity index (χ1) is 20.5. The molecule has 3 aromatic rings. The van der Waals surface area contributed by atoms with Crippen LogP contribution in [0.1, 0.15) is 49.0 Å². The van der Waals surface area contributed by atoms with Crippen LogP contribution >= 0.6 is 15.9 Å². The lowest BCUT2D eigenvalue weighted by Gasteiger charge is -2.31. The van der Waals surface area contributed by atoms with Gasteiger partial charge in [0.2, 0.25) is 15.9 Å². The highest BCUT2D eigenvalue weighted by Gasteiger charge is 2.31. The van der Waals surface area contributed by atoms with Gasteiger partial charge in [0.05, 0.1) is 11.5 Å². The van der Waals surface area contributed by atoms with Crippen molar-refractivity contribution in [2.75, 3.05) is 25.4 Å². The number of benzene rings is 2. The number of anilines is 1. The topological polar surface area (TPSA) is 155 Å². The van der Waals surface area contributed by atoms with Crippen molar-refractivity contribution in [3.8, 4) is 0 Å². The molecule has 232 valence electrons. The number of sulfonamides is 1. The summed E-state index contributed by atoms with van der Waals surface area (Å²) in [5.74, 6) is -0.669. The van der Waals surface area contributed by atoms with E-state index < -0.39 is 22.1 Å². The molecule has 0 saturated heterocycles. The lowest BCUT2D eigenvalue weighted by molar-refractivity contribution is -0.122. The van der Waals surface area contributed by atoms with Crippen molar-refractivity contribution in [1.82, 2.24) is 19.9 Å². The van der Waals surface area contributed by atoms with Crippen LogP contribution in [-0.4, -0.2) is 66.4 Å². The van der Waals surface area contributed by atoms with Crippen LogP contribution in [0.15, 0.2) is 82.4 Å². The van der Waals surface area contributed by atoms with Gasteiger partial charge in [-0.3, -0.25) is 14.6 Å². The van der Waals surface area contributed by atoms with Crippen LogP contribution in [-0.2, 0) is 21.2 Å². The number of amides is 2. The first-order valence-corrected chi connectivity index (χ1v) is 16.5. The molecule has 0 aliphatic carbocycles. The number of halogens is 1. The fourth-order valence-corrected chi connectivity index (χ4v) is 6.84. The third-order valence-corrected chi connectivity index (χ3v) is 9.57. The third kappa shape index (κ3) is 10.1. The Kier molecular flexibility index (Phi) is 13.1. The number of aliphatic hydroxyl groups excluding tert-OH is 1. The minimum absolute atomic E-state index is 0.0424. The maximum atomic E-state index is 13.5. The zero-order valence-electron chi connectivity index (χ0n) is 24.4. The SMILES string of the molecule is CC(C)CN([C@H](CO)CCCCNC(=O)[C@H](Cc1ccccc1Br)NC(=O)c1ccncc1)S(=O)(=O)c1ccc(N)cc1. The van der Waals surface area contributed by atoms with Crippen molar-refractivity contribution in [3.05, 3.63) is 88.7 Å². The maximum Gasteiger partial charge on any atom is 0.252 e. The molecule has 0 radical (unpaired) electrons. The predicted octanol–water partition coefficient (Wildman–Crippen LogP) is 3.76. The van der Waals surface area contributed by atoms with Crippen LogP contribution in [0.5, 0.6) is 0 Å². The van der Waals surface area contributed by atoms with E-state index in [0.29, 0.717) is 37.1 Å². The molecule has 0 bridgehead atoms. The van der Waals surface area contributed by atoms with E-state index in [4.69, 9.17) is 5.73 Å². The largest absolute Gasteiger partial charge is 0.399 e. The van der Waals surface area contributed by atoms with Gasteiger partial charge in [-0.25, -0.2) is 8.42 Å². The molecule has 0 saturated carbocycles. The van der Waals surface area contributed by atoms with Crippen LogP contribution in [0.3, 0.4) is 0 Å². The van der Waals surface area contributed by atoms with E-state index in [1.54, 1.807) is 24.3 Å². The minimum Gasteiger partial charge on any atom is -0.399 e. The Labute approximate surface area is 262 Å². The fraction of sp³-hybridized carbons (Fsp3) is 0.387.